The number of benzene rings is 1. The van der Waals surface area contributed by atoms with Crippen molar-refractivity contribution in [1.29, 1.82) is 0 Å². The maximum Gasteiger partial charge on any atom is 0.352 e. The first kappa shape index (κ1) is 38.0. The Balaban J connectivity index is 2.26. The van der Waals surface area contributed by atoms with Gasteiger partial charge in [0.1, 0.15) is 5.75 Å². The number of nitrogens with zero attached hydrogens (tertiary/aromatic N) is 2. The Bertz CT molecular complexity index is 1140. The number of carbonyl (C=O) groups is 5. The molecule has 0 bridgehead atoms. The summed E-state index contributed by atoms with van der Waals surface area (Å²) in [6.07, 6.45) is 0.451. The summed E-state index contributed by atoms with van der Waals surface area (Å²) in [4.78, 5) is 87.7. The fourth-order valence-corrected chi connectivity index (χ4v) is 3.12. The largest absolute Gasteiger partial charge is 0.454 e. The number of amides is 1. The molecule has 0 fully saturated rings. The van der Waals surface area contributed by atoms with Crippen LogP contribution in [0.4, 0.5) is 5.69 Å². The van der Waals surface area contributed by atoms with Crippen LogP contribution in [0.3, 0.4) is 0 Å². The fraction of sp³-hybridized carbons (Fsp3) is 0.577. The van der Waals surface area contributed by atoms with Gasteiger partial charge in [-0.25, -0.2) is 14.4 Å². The molecule has 0 aliphatic rings. The summed E-state index contributed by atoms with van der Waals surface area (Å²) in [5.74, 6) is -4.30. The van der Waals surface area contributed by atoms with Gasteiger partial charge in [0.25, 0.3) is 16.1 Å². The van der Waals surface area contributed by atoms with E-state index in [2.05, 4.69) is 19.7 Å². The van der Waals surface area contributed by atoms with Gasteiger partial charge in [0.15, 0.2) is 25.4 Å². The van der Waals surface area contributed by atoms with E-state index in [4.69, 9.17) is 18.9 Å². The Morgan fingerprint density at radius 1 is 0.733 bits per heavy atom. The molecule has 0 aliphatic heterocycles. The average Bonchev–Trinajstić information content (AvgIpc) is 2.98. The molecule has 1 rings (SSSR count). The van der Waals surface area contributed by atoms with E-state index in [0.717, 1.165) is 0 Å². The molecule has 2 atom stereocenters. The van der Waals surface area contributed by atoms with Gasteiger partial charge in [0, 0.05) is 25.3 Å². The van der Waals surface area contributed by atoms with E-state index >= 15 is 0 Å². The molecule has 0 aromatic heterocycles. The summed E-state index contributed by atoms with van der Waals surface area (Å²) in [6, 6.07) is 5.38. The minimum absolute atomic E-state index is 0.0218. The number of carbonyl (C=O) groups excluding carboxylic acids is 5. The summed E-state index contributed by atoms with van der Waals surface area (Å²) in [5, 5.41) is 20.4. The van der Waals surface area contributed by atoms with E-state index in [1.165, 1.54) is 38.1 Å². The number of rotatable bonds is 23. The van der Waals surface area contributed by atoms with Gasteiger partial charge in [-0.3, -0.25) is 9.59 Å². The van der Waals surface area contributed by atoms with Gasteiger partial charge in [0.2, 0.25) is 0 Å². The fourth-order valence-electron chi connectivity index (χ4n) is 3.12. The van der Waals surface area contributed by atoms with E-state index in [9.17, 15) is 44.2 Å². The van der Waals surface area contributed by atoms with Crippen molar-refractivity contribution in [1.82, 2.24) is 0 Å². The second kappa shape index (κ2) is 21.6. The first-order chi connectivity index (χ1) is 21.4. The molecule has 0 spiro atoms. The highest BCUT2D eigenvalue weighted by Gasteiger charge is 2.26. The molecular formula is C26H35N3O16. The van der Waals surface area contributed by atoms with Crippen LogP contribution in [0, 0.1) is 20.2 Å². The summed E-state index contributed by atoms with van der Waals surface area (Å²) < 4.78 is 25.1. The summed E-state index contributed by atoms with van der Waals surface area (Å²) in [5.41, 5.74) is 0.246. The van der Waals surface area contributed by atoms with Crippen LogP contribution in [-0.4, -0.2) is 85.2 Å². The van der Waals surface area contributed by atoms with Crippen LogP contribution in [0.15, 0.2) is 24.3 Å². The highest BCUT2D eigenvalue weighted by atomic mass is 17.0. The van der Waals surface area contributed by atoms with E-state index in [1.807, 2.05) is 0 Å². The smallest absolute Gasteiger partial charge is 0.352 e. The van der Waals surface area contributed by atoms with Crippen molar-refractivity contribution < 1.29 is 67.5 Å². The molecule has 250 valence electrons. The molecule has 19 heteroatoms. The molecular weight excluding hydrogens is 610 g/mol. The molecule has 1 amide bonds. The van der Waals surface area contributed by atoms with Gasteiger partial charge in [-0.2, -0.15) is 0 Å². The SMILES string of the molecule is CC(OC(=O)CCCCCOCCCCO[N+](=O)[O-])C(=O)OC(C)C(=O)Oc1ccc(NC(=O)COC(=O)CO[N+](=O)[O-])cc1. The van der Waals surface area contributed by atoms with Crippen LogP contribution < -0.4 is 10.1 Å². The number of esters is 4. The third-order valence-corrected chi connectivity index (χ3v) is 5.32. The second-order valence-corrected chi connectivity index (χ2v) is 9.05. The highest BCUT2D eigenvalue weighted by Crippen LogP contribution is 2.17. The normalized spacial score (nSPS) is 11.7. The number of hydrogen-bond acceptors (Lipinski definition) is 16. The molecule has 1 N–H and O–H groups in total. The zero-order valence-corrected chi connectivity index (χ0v) is 24.7. The maximum atomic E-state index is 12.3. The maximum absolute atomic E-state index is 12.3. The number of nitrogens with one attached hydrogen (secondary N) is 1. The Kier molecular flexibility index (Phi) is 18.2. The van der Waals surface area contributed by atoms with Crippen molar-refractivity contribution in [2.45, 2.75) is 64.6 Å². The van der Waals surface area contributed by atoms with Crippen LogP contribution in [0.25, 0.3) is 0 Å². The van der Waals surface area contributed by atoms with Crippen molar-refractivity contribution in [2.24, 2.45) is 0 Å². The first-order valence-corrected chi connectivity index (χ1v) is 13.7. The van der Waals surface area contributed by atoms with Crippen molar-refractivity contribution in [3.63, 3.8) is 0 Å². The molecule has 0 saturated heterocycles. The van der Waals surface area contributed by atoms with Crippen molar-refractivity contribution in [3.05, 3.63) is 44.5 Å². The van der Waals surface area contributed by atoms with Gasteiger partial charge in [-0.05, 0) is 63.8 Å². The summed E-state index contributed by atoms with van der Waals surface area (Å²) >= 11 is 0. The topological polar surface area (TPSA) is 248 Å². The van der Waals surface area contributed by atoms with E-state index in [-0.39, 0.29) is 24.5 Å². The zero-order valence-electron chi connectivity index (χ0n) is 24.7. The minimum atomic E-state index is -1.34. The number of ether oxygens (including phenoxy) is 5. The quantitative estimate of drug-likeness (QED) is 0.0444. The molecule has 2 unspecified atom stereocenters. The standard InChI is InChI=1S/C26H35N3O16/c1-18(43-23(31)8-4-3-5-13-39-14-6-7-15-41-28(35)36)25(33)44-19(2)26(34)45-21-11-9-20(10-12-21)27-22(30)16-40-24(32)17-42-29(37)38/h9-12,18-19H,3-8,13-17H2,1-2H3,(H,27,30). The highest BCUT2D eigenvalue weighted by molar-refractivity contribution is 5.93. The van der Waals surface area contributed by atoms with Crippen molar-refractivity contribution >= 4 is 35.5 Å². The van der Waals surface area contributed by atoms with Crippen LogP contribution >= 0.6 is 0 Å². The van der Waals surface area contributed by atoms with Gasteiger partial charge in [-0.15, -0.1) is 20.2 Å². The van der Waals surface area contributed by atoms with Crippen LogP contribution in [-0.2, 0) is 52.6 Å². The molecule has 45 heavy (non-hydrogen) atoms. The first-order valence-electron chi connectivity index (χ1n) is 13.7. The van der Waals surface area contributed by atoms with Crippen molar-refractivity contribution in [2.75, 3.05) is 38.4 Å². The molecule has 0 radical (unpaired) electrons. The van der Waals surface area contributed by atoms with Crippen LogP contribution in [0.1, 0.15) is 52.4 Å². The van der Waals surface area contributed by atoms with Crippen LogP contribution in [0.5, 0.6) is 5.75 Å². The number of anilines is 1. The second-order valence-electron chi connectivity index (χ2n) is 9.05. The van der Waals surface area contributed by atoms with E-state index < -0.39 is 65.4 Å². The molecule has 1 aromatic carbocycles. The molecule has 1 aromatic rings. The molecule has 19 nitrogen and oxygen atoms in total. The zero-order chi connectivity index (χ0) is 33.6. The van der Waals surface area contributed by atoms with Gasteiger partial charge >= 0.3 is 23.9 Å². The third kappa shape index (κ3) is 19.0. The lowest BCUT2D eigenvalue weighted by atomic mass is 10.2. The van der Waals surface area contributed by atoms with Gasteiger partial charge in [-0.1, -0.05) is 6.42 Å². The number of hydrogen-bond donors (Lipinski definition) is 1. The predicted molar refractivity (Wildman–Crippen MR) is 147 cm³/mol. The van der Waals surface area contributed by atoms with Gasteiger partial charge in [0.05, 0.1) is 6.61 Å². The Morgan fingerprint density at radius 3 is 1.98 bits per heavy atom. The summed E-state index contributed by atoms with van der Waals surface area (Å²) in [6.45, 7) is 1.81. The average molecular weight is 646 g/mol. The molecule has 0 saturated carbocycles. The lowest BCUT2D eigenvalue weighted by molar-refractivity contribution is -0.757. The summed E-state index contributed by atoms with van der Waals surface area (Å²) in [7, 11) is 0. The molecule has 0 heterocycles. The van der Waals surface area contributed by atoms with Crippen LogP contribution in [0.2, 0.25) is 0 Å². The lowest BCUT2D eigenvalue weighted by Gasteiger charge is -2.16. The number of unbranched alkanes of at least 4 members (excludes halogenated alkanes) is 3. The lowest BCUT2D eigenvalue weighted by Crippen LogP contribution is -2.34. The monoisotopic (exact) mass is 645 g/mol. The Labute approximate surface area is 256 Å². The van der Waals surface area contributed by atoms with E-state index in [1.54, 1.807) is 0 Å². The van der Waals surface area contributed by atoms with E-state index in [0.29, 0.717) is 45.3 Å². The van der Waals surface area contributed by atoms with Gasteiger partial charge < -0.3 is 38.7 Å². The predicted octanol–water partition coefficient (Wildman–Crippen LogP) is 1.71. The van der Waals surface area contributed by atoms with Crippen molar-refractivity contribution in [3.8, 4) is 5.75 Å². The Hall–Kier alpha value is -5.07. The third-order valence-electron chi connectivity index (χ3n) is 5.32. The minimum Gasteiger partial charge on any atom is -0.454 e. The molecule has 0 aliphatic carbocycles. The Morgan fingerprint density at radius 2 is 1.33 bits per heavy atom.